The second kappa shape index (κ2) is 5.22. The smallest absolute Gasteiger partial charge is 0.310 e. The number of rotatable bonds is 2. The van der Waals surface area contributed by atoms with Gasteiger partial charge in [0.1, 0.15) is 11.5 Å². The highest BCUT2D eigenvalue weighted by Gasteiger charge is 2.23. The third kappa shape index (κ3) is 2.50. The van der Waals surface area contributed by atoms with Crippen molar-refractivity contribution in [2.75, 3.05) is 0 Å². The third-order valence-electron chi connectivity index (χ3n) is 3.87. The Labute approximate surface area is 122 Å². The van der Waals surface area contributed by atoms with Crippen molar-refractivity contribution in [3.63, 3.8) is 0 Å². The first kappa shape index (κ1) is 13.6. The lowest BCUT2D eigenvalue weighted by molar-refractivity contribution is -0.138. The molecule has 2 aromatic rings. The topological polar surface area (TPSA) is 66.8 Å². The van der Waals surface area contributed by atoms with Crippen LogP contribution in [0.5, 0.6) is 11.5 Å². The monoisotopic (exact) mass is 284 g/mol. The molecule has 0 radical (unpaired) electrons. The molecule has 1 aliphatic rings. The summed E-state index contributed by atoms with van der Waals surface area (Å²) in [5.41, 5.74) is 2.24. The average molecular weight is 284 g/mol. The van der Waals surface area contributed by atoms with Crippen LogP contribution in [0.1, 0.15) is 35.6 Å². The molecule has 0 saturated carbocycles. The van der Waals surface area contributed by atoms with Crippen molar-refractivity contribution in [1.82, 2.24) is 0 Å². The van der Waals surface area contributed by atoms with E-state index in [1.54, 1.807) is 25.1 Å². The third-order valence-corrected chi connectivity index (χ3v) is 3.87. The largest absolute Gasteiger partial charge is 0.481 e. The standard InChI is InChI=1S/C17H16O4/c1-10(17(19)20)11-6-7-16-13(8-11)14(18)9-12-4-2-3-5-15(12)21-16/h2-8,10,14,18H,9H2,1H3,(H,19,20)/t10-,14+/m0/s1. The van der Waals surface area contributed by atoms with Crippen LogP contribution >= 0.6 is 0 Å². The van der Waals surface area contributed by atoms with Crippen molar-refractivity contribution >= 4 is 5.97 Å². The molecule has 0 spiro atoms. The number of aliphatic hydroxyl groups excluding tert-OH is 1. The number of carbonyl (C=O) groups is 1. The molecule has 0 fully saturated rings. The molecule has 0 aromatic heterocycles. The maximum absolute atomic E-state index is 11.1. The summed E-state index contributed by atoms with van der Waals surface area (Å²) >= 11 is 0. The Balaban J connectivity index is 2.04. The molecule has 21 heavy (non-hydrogen) atoms. The van der Waals surface area contributed by atoms with Gasteiger partial charge in [-0.1, -0.05) is 24.3 Å². The van der Waals surface area contributed by atoms with Crippen molar-refractivity contribution in [1.29, 1.82) is 0 Å². The predicted molar refractivity (Wildman–Crippen MR) is 77.7 cm³/mol. The fourth-order valence-corrected chi connectivity index (χ4v) is 2.54. The number of benzene rings is 2. The number of ether oxygens (including phenoxy) is 1. The van der Waals surface area contributed by atoms with Crippen molar-refractivity contribution in [2.24, 2.45) is 0 Å². The summed E-state index contributed by atoms with van der Waals surface area (Å²) in [5, 5.41) is 19.5. The maximum Gasteiger partial charge on any atom is 0.310 e. The van der Waals surface area contributed by atoms with Gasteiger partial charge >= 0.3 is 5.97 Å². The molecule has 1 aliphatic heterocycles. The van der Waals surface area contributed by atoms with Gasteiger partial charge in [0, 0.05) is 12.0 Å². The van der Waals surface area contributed by atoms with E-state index in [0.29, 0.717) is 23.3 Å². The molecule has 0 unspecified atom stereocenters. The fourth-order valence-electron chi connectivity index (χ4n) is 2.54. The molecule has 3 rings (SSSR count). The highest BCUT2D eigenvalue weighted by atomic mass is 16.5. The van der Waals surface area contributed by atoms with Gasteiger partial charge in [-0.05, 0) is 36.2 Å². The van der Waals surface area contributed by atoms with Crippen molar-refractivity contribution < 1.29 is 19.7 Å². The lowest BCUT2D eigenvalue weighted by Gasteiger charge is -2.14. The van der Waals surface area contributed by atoms with Crippen molar-refractivity contribution in [3.8, 4) is 11.5 Å². The van der Waals surface area contributed by atoms with E-state index in [4.69, 9.17) is 9.84 Å². The number of hydrogen-bond donors (Lipinski definition) is 2. The van der Waals surface area contributed by atoms with Gasteiger partial charge in [0.2, 0.25) is 0 Å². The van der Waals surface area contributed by atoms with Crippen molar-refractivity contribution in [3.05, 3.63) is 59.2 Å². The van der Waals surface area contributed by atoms with Crippen molar-refractivity contribution in [2.45, 2.75) is 25.4 Å². The summed E-state index contributed by atoms with van der Waals surface area (Å²) in [5.74, 6) is -0.196. The maximum atomic E-state index is 11.1. The Morgan fingerprint density at radius 3 is 2.76 bits per heavy atom. The highest BCUT2D eigenvalue weighted by Crippen LogP contribution is 2.39. The van der Waals surface area contributed by atoms with Crippen LogP contribution in [0.15, 0.2) is 42.5 Å². The first-order chi connectivity index (χ1) is 10.1. The van der Waals surface area contributed by atoms with E-state index in [2.05, 4.69) is 0 Å². The van der Waals surface area contributed by atoms with Gasteiger partial charge in [-0.15, -0.1) is 0 Å². The molecule has 1 heterocycles. The van der Waals surface area contributed by atoms with E-state index < -0.39 is 18.0 Å². The molecule has 2 N–H and O–H groups in total. The predicted octanol–water partition coefficient (Wildman–Crippen LogP) is 3.26. The molecule has 2 aromatic carbocycles. The molecule has 108 valence electrons. The molecular weight excluding hydrogens is 268 g/mol. The SMILES string of the molecule is C[C@H](C(=O)O)c1ccc2c(c1)[C@H](O)Cc1ccccc1O2. The Kier molecular flexibility index (Phi) is 3.39. The van der Waals surface area contributed by atoms with E-state index in [-0.39, 0.29) is 0 Å². The molecule has 0 saturated heterocycles. The van der Waals surface area contributed by atoms with E-state index >= 15 is 0 Å². The first-order valence-electron chi connectivity index (χ1n) is 6.86. The molecule has 4 nitrogen and oxygen atoms in total. The minimum Gasteiger partial charge on any atom is -0.481 e. The van der Waals surface area contributed by atoms with E-state index in [9.17, 15) is 9.90 Å². The van der Waals surface area contributed by atoms with Gasteiger partial charge < -0.3 is 14.9 Å². The van der Waals surface area contributed by atoms with Crippen LogP contribution in [0.4, 0.5) is 0 Å². The van der Waals surface area contributed by atoms with Crippen LogP contribution in [-0.2, 0) is 11.2 Å². The summed E-state index contributed by atoms with van der Waals surface area (Å²) in [6.45, 7) is 1.63. The number of fused-ring (bicyclic) bond motifs is 2. The molecule has 0 amide bonds. The zero-order valence-electron chi connectivity index (χ0n) is 11.6. The molecule has 0 aliphatic carbocycles. The minimum absolute atomic E-state index is 0.452. The summed E-state index contributed by atoms with van der Waals surface area (Å²) < 4.78 is 5.86. The zero-order chi connectivity index (χ0) is 15.0. The van der Waals surface area contributed by atoms with Crippen LogP contribution in [0.3, 0.4) is 0 Å². The second-order valence-electron chi connectivity index (χ2n) is 5.29. The van der Waals surface area contributed by atoms with E-state index in [1.807, 2.05) is 24.3 Å². The second-order valence-corrected chi connectivity index (χ2v) is 5.29. The van der Waals surface area contributed by atoms with Gasteiger partial charge in [-0.3, -0.25) is 4.79 Å². The molecular formula is C17H16O4. The summed E-state index contributed by atoms with van der Waals surface area (Å²) in [6, 6.07) is 12.8. The van der Waals surface area contributed by atoms with Crippen LogP contribution in [0.25, 0.3) is 0 Å². The highest BCUT2D eigenvalue weighted by molar-refractivity contribution is 5.75. The molecule has 0 bridgehead atoms. The number of hydrogen-bond acceptors (Lipinski definition) is 3. The average Bonchev–Trinajstić information content (AvgIpc) is 2.62. The van der Waals surface area contributed by atoms with Gasteiger partial charge in [-0.2, -0.15) is 0 Å². The summed E-state index contributed by atoms with van der Waals surface area (Å²) in [7, 11) is 0. The van der Waals surface area contributed by atoms with Crippen LogP contribution < -0.4 is 4.74 Å². The Morgan fingerprint density at radius 1 is 1.24 bits per heavy atom. The normalized spacial score (nSPS) is 17.9. The zero-order valence-corrected chi connectivity index (χ0v) is 11.6. The number of carboxylic acid groups (broad SMARTS) is 1. The van der Waals surface area contributed by atoms with Gasteiger partial charge in [0.25, 0.3) is 0 Å². The molecule has 4 heteroatoms. The number of para-hydroxylation sites is 1. The number of aliphatic carboxylic acids is 1. The summed E-state index contributed by atoms with van der Waals surface area (Å²) in [6.07, 6.45) is -0.252. The van der Waals surface area contributed by atoms with Gasteiger partial charge in [0.05, 0.1) is 12.0 Å². The van der Waals surface area contributed by atoms with E-state index in [0.717, 1.165) is 11.3 Å². The van der Waals surface area contributed by atoms with Gasteiger partial charge in [-0.25, -0.2) is 0 Å². The molecule has 2 atom stereocenters. The lowest BCUT2D eigenvalue weighted by Crippen LogP contribution is -2.09. The fraction of sp³-hybridized carbons (Fsp3) is 0.235. The lowest BCUT2D eigenvalue weighted by atomic mass is 9.95. The Bertz CT molecular complexity index is 693. The summed E-state index contributed by atoms with van der Waals surface area (Å²) in [4.78, 5) is 11.1. The quantitative estimate of drug-likeness (QED) is 0.888. The van der Waals surface area contributed by atoms with Crippen LogP contribution in [0.2, 0.25) is 0 Å². The number of aliphatic hydroxyl groups is 1. The van der Waals surface area contributed by atoms with Crippen LogP contribution in [-0.4, -0.2) is 16.2 Å². The Morgan fingerprint density at radius 2 is 2.00 bits per heavy atom. The minimum atomic E-state index is -0.887. The Hall–Kier alpha value is -2.33. The van der Waals surface area contributed by atoms with Gasteiger partial charge in [0.15, 0.2) is 0 Å². The van der Waals surface area contributed by atoms with E-state index in [1.165, 1.54) is 0 Å². The first-order valence-corrected chi connectivity index (χ1v) is 6.86. The van der Waals surface area contributed by atoms with Crippen LogP contribution in [0, 0.1) is 0 Å². The number of carboxylic acids is 1.